The highest BCUT2D eigenvalue weighted by molar-refractivity contribution is 5.88. The van der Waals surface area contributed by atoms with E-state index in [0.29, 0.717) is 30.3 Å². The van der Waals surface area contributed by atoms with Gasteiger partial charge in [-0.2, -0.15) is 0 Å². The van der Waals surface area contributed by atoms with Gasteiger partial charge in [-0.3, -0.25) is 19.4 Å². The number of rotatable bonds is 6. The Morgan fingerprint density at radius 3 is 2.52 bits per heavy atom. The topological polar surface area (TPSA) is 101 Å². The summed E-state index contributed by atoms with van der Waals surface area (Å²) in [6, 6.07) is 10.9. The van der Waals surface area contributed by atoms with Crippen LogP contribution >= 0.6 is 0 Å². The Morgan fingerprint density at radius 1 is 1.10 bits per heavy atom. The molecule has 1 atom stereocenters. The summed E-state index contributed by atoms with van der Waals surface area (Å²) in [4.78, 5) is 41.1. The van der Waals surface area contributed by atoms with Crippen LogP contribution in [0.2, 0.25) is 0 Å². The zero-order chi connectivity index (χ0) is 22.4. The van der Waals surface area contributed by atoms with Crippen molar-refractivity contribution >= 4 is 23.4 Å². The van der Waals surface area contributed by atoms with Gasteiger partial charge in [0, 0.05) is 62.1 Å². The zero-order valence-corrected chi connectivity index (χ0v) is 18.1. The fourth-order valence-electron chi connectivity index (χ4n) is 3.63. The molecule has 1 saturated heterocycles. The van der Waals surface area contributed by atoms with Gasteiger partial charge in [-0.1, -0.05) is 0 Å². The van der Waals surface area contributed by atoms with E-state index in [0.717, 1.165) is 24.2 Å². The summed E-state index contributed by atoms with van der Waals surface area (Å²) in [5.74, 6) is 1.02. The number of carbonyl (C=O) groups is 3. The maximum atomic E-state index is 12.4. The molecule has 164 valence electrons. The van der Waals surface area contributed by atoms with Crippen LogP contribution in [0.5, 0.6) is 11.5 Å². The number of piperidine rings is 1. The van der Waals surface area contributed by atoms with Gasteiger partial charge in [0.1, 0.15) is 11.5 Å². The lowest BCUT2D eigenvalue weighted by Gasteiger charge is -2.32. The number of benzene rings is 1. The van der Waals surface area contributed by atoms with Gasteiger partial charge in [0.05, 0.1) is 6.54 Å². The molecule has 8 heteroatoms. The number of ether oxygens (including phenoxy) is 1. The first-order valence-corrected chi connectivity index (χ1v) is 10.4. The van der Waals surface area contributed by atoms with E-state index >= 15 is 0 Å². The van der Waals surface area contributed by atoms with Crippen LogP contribution in [0.15, 0.2) is 36.4 Å². The van der Waals surface area contributed by atoms with E-state index in [1.165, 1.54) is 13.8 Å². The summed E-state index contributed by atoms with van der Waals surface area (Å²) in [7, 11) is 0. The molecule has 3 rings (SSSR count). The van der Waals surface area contributed by atoms with Crippen molar-refractivity contribution in [3.8, 4) is 11.5 Å². The van der Waals surface area contributed by atoms with Gasteiger partial charge in [0.15, 0.2) is 0 Å². The minimum Gasteiger partial charge on any atom is -0.457 e. The molecule has 1 aliphatic rings. The maximum absolute atomic E-state index is 12.4. The SMILES string of the molecule is CC(=O)NCC(=O)N1CCCC(c2cc(Oc3ccc(NC(C)=O)cc3)cc(C)n2)C1. The van der Waals surface area contributed by atoms with Gasteiger partial charge in [-0.05, 0) is 44.0 Å². The number of hydrogen-bond acceptors (Lipinski definition) is 5. The second kappa shape index (κ2) is 10.1. The quantitative estimate of drug-likeness (QED) is 0.743. The molecule has 1 unspecified atom stereocenters. The molecule has 0 aliphatic carbocycles. The highest BCUT2D eigenvalue weighted by Crippen LogP contribution is 2.30. The Bertz CT molecular complexity index is 959. The Hall–Kier alpha value is -3.42. The molecule has 2 aromatic rings. The van der Waals surface area contributed by atoms with Crippen molar-refractivity contribution in [3.05, 3.63) is 47.8 Å². The Labute approximate surface area is 182 Å². The van der Waals surface area contributed by atoms with Gasteiger partial charge in [0.2, 0.25) is 17.7 Å². The summed E-state index contributed by atoms with van der Waals surface area (Å²) in [6.07, 6.45) is 1.82. The van der Waals surface area contributed by atoms with Crippen molar-refractivity contribution in [2.45, 2.75) is 39.5 Å². The summed E-state index contributed by atoms with van der Waals surface area (Å²) >= 11 is 0. The summed E-state index contributed by atoms with van der Waals surface area (Å²) in [5, 5.41) is 5.29. The van der Waals surface area contributed by atoms with Gasteiger partial charge in [-0.25, -0.2) is 0 Å². The molecule has 3 amide bonds. The predicted molar refractivity (Wildman–Crippen MR) is 117 cm³/mol. The first-order chi connectivity index (χ1) is 14.8. The molecule has 8 nitrogen and oxygen atoms in total. The fourth-order valence-corrected chi connectivity index (χ4v) is 3.63. The van der Waals surface area contributed by atoms with Crippen LogP contribution in [-0.4, -0.2) is 47.2 Å². The number of amides is 3. The third-order valence-electron chi connectivity index (χ3n) is 5.04. The van der Waals surface area contributed by atoms with Crippen LogP contribution in [0.3, 0.4) is 0 Å². The predicted octanol–water partition coefficient (Wildman–Crippen LogP) is 2.98. The van der Waals surface area contributed by atoms with Gasteiger partial charge in [-0.15, -0.1) is 0 Å². The highest BCUT2D eigenvalue weighted by Gasteiger charge is 2.26. The van der Waals surface area contributed by atoms with Crippen molar-refractivity contribution in [2.75, 3.05) is 25.0 Å². The molecular weight excluding hydrogens is 396 g/mol. The standard InChI is InChI=1S/C23H28N4O4/c1-15-11-21(31-20-8-6-19(7-9-20)26-17(3)29)12-22(25-15)18-5-4-10-27(14-18)23(30)13-24-16(2)28/h6-9,11-12,18H,4-5,10,13-14H2,1-3H3,(H,24,28)(H,26,29). The Balaban J connectivity index is 1.69. The van der Waals surface area contributed by atoms with E-state index < -0.39 is 0 Å². The van der Waals surface area contributed by atoms with Crippen LogP contribution in [-0.2, 0) is 14.4 Å². The van der Waals surface area contributed by atoms with Crippen molar-refractivity contribution in [2.24, 2.45) is 0 Å². The van der Waals surface area contributed by atoms with E-state index in [1.807, 2.05) is 19.1 Å². The average Bonchev–Trinajstić information content (AvgIpc) is 2.72. The summed E-state index contributed by atoms with van der Waals surface area (Å²) < 4.78 is 6.01. The third kappa shape index (κ3) is 6.53. The molecule has 1 aromatic heterocycles. The normalized spacial score (nSPS) is 15.8. The molecule has 0 radical (unpaired) electrons. The number of hydrogen-bond donors (Lipinski definition) is 2. The number of likely N-dealkylation sites (tertiary alicyclic amines) is 1. The molecule has 2 heterocycles. The van der Waals surface area contributed by atoms with E-state index in [1.54, 1.807) is 29.2 Å². The monoisotopic (exact) mass is 424 g/mol. The van der Waals surface area contributed by atoms with Gasteiger partial charge in [0.25, 0.3) is 0 Å². The van der Waals surface area contributed by atoms with Crippen molar-refractivity contribution in [3.63, 3.8) is 0 Å². The first-order valence-electron chi connectivity index (χ1n) is 10.4. The number of nitrogens with one attached hydrogen (secondary N) is 2. The number of pyridine rings is 1. The van der Waals surface area contributed by atoms with E-state index in [2.05, 4.69) is 15.6 Å². The molecule has 0 saturated carbocycles. The van der Waals surface area contributed by atoms with Crippen LogP contribution in [0.4, 0.5) is 5.69 Å². The second-order valence-corrected chi connectivity index (χ2v) is 7.77. The molecule has 31 heavy (non-hydrogen) atoms. The highest BCUT2D eigenvalue weighted by atomic mass is 16.5. The molecule has 0 bridgehead atoms. The summed E-state index contributed by atoms with van der Waals surface area (Å²) in [6.45, 7) is 6.05. The largest absolute Gasteiger partial charge is 0.457 e. The van der Waals surface area contributed by atoms with E-state index in [-0.39, 0.29) is 30.2 Å². The van der Waals surface area contributed by atoms with Gasteiger partial charge < -0.3 is 20.3 Å². The Morgan fingerprint density at radius 2 is 1.84 bits per heavy atom. The molecule has 1 aliphatic heterocycles. The first kappa shape index (κ1) is 22.3. The molecule has 1 fully saturated rings. The summed E-state index contributed by atoms with van der Waals surface area (Å²) in [5.41, 5.74) is 2.43. The van der Waals surface area contributed by atoms with Crippen molar-refractivity contribution in [1.82, 2.24) is 15.2 Å². The van der Waals surface area contributed by atoms with Crippen LogP contribution in [0.1, 0.15) is 44.0 Å². The number of aryl methyl sites for hydroxylation is 1. The minimum absolute atomic E-state index is 0.0200. The lowest BCUT2D eigenvalue weighted by molar-refractivity contribution is -0.133. The number of carbonyl (C=O) groups excluding carboxylic acids is 3. The zero-order valence-electron chi connectivity index (χ0n) is 18.1. The molecular formula is C23H28N4O4. The van der Waals surface area contributed by atoms with Crippen LogP contribution in [0.25, 0.3) is 0 Å². The third-order valence-corrected chi connectivity index (χ3v) is 5.04. The number of aromatic nitrogens is 1. The number of nitrogens with zero attached hydrogens (tertiary/aromatic N) is 2. The minimum atomic E-state index is -0.214. The van der Waals surface area contributed by atoms with E-state index in [9.17, 15) is 14.4 Å². The van der Waals surface area contributed by atoms with Gasteiger partial charge >= 0.3 is 0 Å². The van der Waals surface area contributed by atoms with Crippen LogP contribution in [0, 0.1) is 6.92 Å². The maximum Gasteiger partial charge on any atom is 0.241 e. The Kier molecular flexibility index (Phi) is 7.23. The second-order valence-electron chi connectivity index (χ2n) is 7.77. The van der Waals surface area contributed by atoms with E-state index in [4.69, 9.17) is 4.74 Å². The lowest BCUT2D eigenvalue weighted by Crippen LogP contribution is -2.44. The van der Waals surface area contributed by atoms with Crippen LogP contribution < -0.4 is 15.4 Å². The molecule has 0 spiro atoms. The molecule has 1 aromatic carbocycles. The fraction of sp³-hybridized carbons (Fsp3) is 0.391. The van der Waals surface area contributed by atoms with Crippen molar-refractivity contribution < 1.29 is 19.1 Å². The number of anilines is 1. The average molecular weight is 425 g/mol. The molecule has 2 N–H and O–H groups in total. The van der Waals surface area contributed by atoms with Crippen molar-refractivity contribution in [1.29, 1.82) is 0 Å². The lowest BCUT2D eigenvalue weighted by atomic mass is 9.94. The smallest absolute Gasteiger partial charge is 0.241 e.